The van der Waals surface area contributed by atoms with Gasteiger partial charge >= 0.3 is 11.8 Å². The molecule has 2 atom stereocenters. The van der Waals surface area contributed by atoms with Crippen LogP contribution in [0, 0.1) is 0 Å². The Kier molecular flexibility index (Phi) is 4.11. The van der Waals surface area contributed by atoms with Crippen LogP contribution in [0.25, 0.3) is 0 Å². The van der Waals surface area contributed by atoms with Crippen molar-refractivity contribution in [3.63, 3.8) is 0 Å². The van der Waals surface area contributed by atoms with E-state index in [4.69, 9.17) is 5.73 Å². The third-order valence-corrected chi connectivity index (χ3v) is 3.11. The molecule has 0 heterocycles. The lowest BCUT2D eigenvalue weighted by Crippen LogP contribution is -2.43. The van der Waals surface area contributed by atoms with Crippen molar-refractivity contribution in [3.05, 3.63) is 35.9 Å². The van der Waals surface area contributed by atoms with E-state index in [0.717, 1.165) is 6.42 Å². The molecule has 1 aromatic rings. The number of rotatable bonds is 4. The van der Waals surface area contributed by atoms with Crippen LogP contribution in [0.1, 0.15) is 17.9 Å². The van der Waals surface area contributed by atoms with Crippen LogP contribution in [-0.4, -0.2) is 29.4 Å². The van der Waals surface area contributed by atoms with E-state index in [1.54, 1.807) is 0 Å². The first kappa shape index (κ1) is 13.5. The Hall–Kier alpha value is -1.95. The molecule has 1 aliphatic rings. The second-order valence-corrected chi connectivity index (χ2v) is 5.01. The standard InChI is InChI=1S/C13H15N3O2S/c14-11(19)7-15-12(17)13(18)16-10-6-9(10)8-4-2-1-3-5-8/h1-5,9-10H,6-7H2,(H2,14,19)(H,15,17)(H,16,18). The molecule has 5 nitrogen and oxygen atoms in total. The Morgan fingerprint density at radius 1 is 1.26 bits per heavy atom. The fourth-order valence-corrected chi connectivity index (χ4v) is 1.98. The van der Waals surface area contributed by atoms with Gasteiger partial charge in [-0.1, -0.05) is 42.5 Å². The molecule has 2 amide bonds. The van der Waals surface area contributed by atoms with Crippen LogP contribution < -0.4 is 16.4 Å². The van der Waals surface area contributed by atoms with Crippen LogP contribution >= 0.6 is 12.2 Å². The van der Waals surface area contributed by atoms with Gasteiger partial charge in [0.15, 0.2) is 0 Å². The molecule has 0 saturated heterocycles. The number of hydrogen-bond acceptors (Lipinski definition) is 3. The highest BCUT2D eigenvalue weighted by molar-refractivity contribution is 7.80. The minimum Gasteiger partial charge on any atom is -0.392 e. The van der Waals surface area contributed by atoms with E-state index in [1.165, 1.54) is 5.56 Å². The van der Waals surface area contributed by atoms with Crippen molar-refractivity contribution < 1.29 is 9.59 Å². The summed E-state index contributed by atoms with van der Waals surface area (Å²) in [7, 11) is 0. The fraction of sp³-hybridized carbons (Fsp3) is 0.308. The third-order valence-electron chi connectivity index (χ3n) is 2.96. The Morgan fingerprint density at radius 3 is 2.58 bits per heavy atom. The Morgan fingerprint density at radius 2 is 1.95 bits per heavy atom. The molecular formula is C13H15N3O2S. The molecule has 1 aromatic carbocycles. The van der Waals surface area contributed by atoms with Crippen molar-refractivity contribution in [2.75, 3.05) is 6.54 Å². The van der Waals surface area contributed by atoms with Gasteiger partial charge in [0.05, 0.1) is 11.5 Å². The second kappa shape index (κ2) is 5.79. The molecular weight excluding hydrogens is 262 g/mol. The zero-order valence-electron chi connectivity index (χ0n) is 10.3. The van der Waals surface area contributed by atoms with Gasteiger partial charge in [-0.3, -0.25) is 9.59 Å². The zero-order valence-corrected chi connectivity index (χ0v) is 11.1. The Balaban J connectivity index is 1.79. The maximum Gasteiger partial charge on any atom is 0.309 e. The van der Waals surface area contributed by atoms with E-state index in [9.17, 15) is 9.59 Å². The van der Waals surface area contributed by atoms with E-state index < -0.39 is 11.8 Å². The number of benzene rings is 1. The topological polar surface area (TPSA) is 84.2 Å². The second-order valence-electron chi connectivity index (χ2n) is 4.48. The molecule has 1 saturated carbocycles. The molecule has 1 aliphatic carbocycles. The summed E-state index contributed by atoms with van der Waals surface area (Å²) in [5.41, 5.74) is 6.41. The molecule has 1 fully saturated rings. The summed E-state index contributed by atoms with van der Waals surface area (Å²) in [4.78, 5) is 23.1. The summed E-state index contributed by atoms with van der Waals surface area (Å²) in [5, 5.41) is 5.04. The lowest BCUT2D eigenvalue weighted by atomic mass is 10.1. The van der Waals surface area contributed by atoms with Crippen LogP contribution in [0.5, 0.6) is 0 Å². The first-order valence-electron chi connectivity index (χ1n) is 6.00. The zero-order chi connectivity index (χ0) is 13.8. The molecule has 0 bridgehead atoms. The van der Waals surface area contributed by atoms with Gasteiger partial charge in [-0.05, 0) is 12.0 Å². The van der Waals surface area contributed by atoms with E-state index in [1.807, 2.05) is 30.3 Å². The average molecular weight is 277 g/mol. The maximum absolute atomic E-state index is 11.6. The van der Waals surface area contributed by atoms with Gasteiger partial charge in [0.2, 0.25) is 0 Å². The molecule has 0 spiro atoms. The monoisotopic (exact) mass is 277 g/mol. The van der Waals surface area contributed by atoms with Crippen LogP contribution in [-0.2, 0) is 9.59 Å². The average Bonchev–Trinajstić information content (AvgIpc) is 3.16. The molecule has 0 radical (unpaired) electrons. The molecule has 19 heavy (non-hydrogen) atoms. The SMILES string of the molecule is NC(=S)CNC(=O)C(=O)NC1CC1c1ccccc1. The summed E-state index contributed by atoms with van der Waals surface area (Å²) in [6.07, 6.45) is 0.859. The van der Waals surface area contributed by atoms with Gasteiger partial charge in [-0.2, -0.15) is 0 Å². The number of hydrogen-bond donors (Lipinski definition) is 3. The highest BCUT2D eigenvalue weighted by atomic mass is 32.1. The smallest absolute Gasteiger partial charge is 0.309 e. The van der Waals surface area contributed by atoms with Gasteiger partial charge in [0, 0.05) is 12.0 Å². The molecule has 2 rings (SSSR count). The van der Waals surface area contributed by atoms with Gasteiger partial charge < -0.3 is 16.4 Å². The van der Waals surface area contributed by atoms with Gasteiger partial charge in [-0.25, -0.2) is 0 Å². The van der Waals surface area contributed by atoms with Crippen molar-refractivity contribution >= 4 is 29.0 Å². The van der Waals surface area contributed by atoms with Crippen LogP contribution in [0.4, 0.5) is 0 Å². The maximum atomic E-state index is 11.6. The van der Waals surface area contributed by atoms with Crippen LogP contribution in [0.3, 0.4) is 0 Å². The lowest BCUT2D eigenvalue weighted by Gasteiger charge is -2.05. The largest absolute Gasteiger partial charge is 0.392 e. The first-order chi connectivity index (χ1) is 9.08. The summed E-state index contributed by atoms with van der Waals surface area (Å²) in [6.45, 7) is 0.0361. The van der Waals surface area contributed by atoms with E-state index in [-0.39, 0.29) is 17.6 Å². The lowest BCUT2D eigenvalue weighted by molar-refractivity contribution is -0.139. The summed E-state index contributed by atoms with van der Waals surface area (Å²) >= 11 is 4.61. The normalized spacial score (nSPS) is 20.4. The number of amides is 2. The van der Waals surface area contributed by atoms with Crippen LogP contribution in [0.2, 0.25) is 0 Å². The highest BCUT2D eigenvalue weighted by Crippen LogP contribution is 2.40. The summed E-state index contributed by atoms with van der Waals surface area (Å²) < 4.78 is 0. The minimum atomic E-state index is -0.702. The van der Waals surface area contributed by atoms with Gasteiger partial charge in [0.1, 0.15) is 0 Å². The highest BCUT2D eigenvalue weighted by Gasteiger charge is 2.40. The molecule has 4 N–H and O–H groups in total. The summed E-state index contributed by atoms with van der Waals surface area (Å²) in [5.74, 6) is -1.04. The Labute approximate surface area is 116 Å². The number of carbonyl (C=O) groups is 2. The van der Waals surface area contributed by atoms with Crippen molar-refractivity contribution in [2.24, 2.45) is 5.73 Å². The van der Waals surface area contributed by atoms with Crippen molar-refractivity contribution in [2.45, 2.75) is 18.4 Å². The quantitative estimate of drug-likeness (QED) is 0.537. The van der Waals surface area contributed by atoms with Crippen molar-refractivity contribution in [1.29, 1.82) is 0 Å². The number of nitrogens with two attached hydrogens (primary N) is 1. The van der Waals surface area contributed by atoms with E-state index in [2.05, 4.69) is 22.9 Å². The van der Waals surface area contributed by atoms with Crippen molar-refractivity contribution in [1.82, 2.24) is 10.6 Å². The number of nitrogens with one attached hydrogen (secondary N) is 2. The van der Waals surface area contributed by atoms with E-state index in [0.29, 0.717) is 5.92 Å². The number of carbonyl (C=O) groups excluding carboxylic acids is 2. The fourth-order valence-electron chi connectivity index (χ4n) is 1.90. The molecule has 100 valence electrons. The third kappa shape index (κ3) is 3.75. The van der Waals surface area contributed by atoms with Gasteiger partial charge in [0.25, 0.3) is 0 Å². The van der Waals surface area contributed by atoms with E-state index >= 15 is 0 Å². The minimum absolute atomic E-state index is 0.0329. The predicted molar refractivity (Wildman–Crippen MR) is 75.5 cm³/mol. The predicted octanol–water partition coefficient (Wildman–Crippen LogP) is 0.0610. The Bertz CT molecular complexity index is 504. The van der Waals surface area contributed by atoms with Crippen LogP contribution in [0.15, 0.2) is 30.3 Å². The molecule has 6 heteroatoms. The summed E-state index contributed by atoms with van der Waals surface area (Å²) in [6, 6.07) is 9.93. The van der Waals surface area contributed by atoms with Gasteiger partial charge in [-0.15, -0.1) is 0 Å². The number of thiocarbonyl (C=S) groups is 1. The first-order valence-corrected chi connectivity index (χ1v) is 6.40. The molecule has 0 aromatic heterocycles. The van der Waals surface area contributed by atoms with Crippen molar-refractivity contribution in [3.8, 4) is 0 Å². The molecule has 0 aliphatic heterocycles. The molecule has 2 unspecified atom stereocenters.